The Morgan fingerprint density at radius 2 is 2.07 bits per heavy atom. The summed E-state index contributed by atoms with van der Waals surface area (Å²) in [6, 6.07) is 7.37. The molecule has 0 atom stereocenters. The Labute approximate surface area is 81.2 Å². The number of rotatable bonds is 4. The number of hydrazone groups is 1. The molecule has 0 saturated carbocycles. The molecule has 0 saturated heterocycles. The molecular weight excluding hydrogens is 180 g/mol. The number of hydrogen-bond acceptors (Lipinski definition) is 4. The first-order chi connectivity index (χ1) is 6.95. The van der Waals surface area contributed by atoms with E-state index in [1.165, 1.54) is 0 Å². The number of furan rings is 2. The predicted molar refractivity (Wildman–Crippen MR) is 51.8 cm³/mol. The highest BCUT2D eigenvalue weighted by atomic mass is 16.3. The minimum atomic E-state index is 0.574. The standard InChI is InChI=1S/C10H10N2O2/c1-3-9(13-5-1)7-11-12-8-10-4-2-6-14-10/h1-7,12H,8H2. The van der Waals surface area contributed by atoms with Gasteiger partial charge in [0.2, 0.25) is 0 Å². The average Bonchev–Trinajstić information content (AvgIpc) is 2.86. The Kier molecular flexibility index (Phi) is 2.66. The monoisotopic (exact) mass is 190 g/mol. The van der Waals surface area contributed by atoms with Gasteiger partial charge in [0.25, 0.3) is 0 Å². The van der Waals surface area contributed by atoms with Crippen LogP contribution in [0.15, 0.2) is 50.7 Å². The number of nitrogens with one attached hydrogen (secondary N) is 1. The first-order valence-corrected chi connectivity index (χ1v) is 4.27. The van der Waals surface area contributed by atoms with E-state index in [2.05, 4.69) is 10.5 Å². The van der Waals surface area contributed by atoms with E-state index >= 15 is 0 Å². The maximum Gasteiger partial charge on any atom is 0.146 e. The summed E-state index contributed by atoms with van der Waals surface area (Å²) in [6.07, 6.45) is 4.85. The Bertz CT molecular complexity index is 376. The second kappa shape index (κ2) is 4.32. The van der Waals surface area contributed by atoms with Crippen LogP contribution in [0.2, 0.25) is 0 Å². The van der Waals surface area contributed by atoms with Crippen LogP contribution in [0.5, 0.6) is 0 Å². The minimum Gasteiger partial charge on any atom is -0.467 e. The zero-order valence-electron chi connectivity index (χ0n) is 7.51. The lowest BCUT2D eigenvalue weighted by atomic mass is 10.5. The molecule has 0 aliphatic heterocycles. The maximum absolute atomic E-state index is 5.11. The van der Waals surface area contributed by atoms with Gasteiger partial charge in [0.05, 0.1) is 25.3 Å². The van der Waals surface area contributed by atoms with Crippen LogP contribution in [0, 0.1) is 0 Å². The molecule has 14 heavy (non-hydrogen) atoms. The summed E-state index contributed by atoms with van der Waals surface area (Å²) >= 11 is 0. The smallest absolute Gasteiger partial charge is 0.146 e. The molecule has 4 heteroatoms. The van der Waals surface area contributed by atoms with Crippen molar-refractivity contribution in [3.8, 4) is 0 Å². The highest BCUT2D eigenvalue weighted by Crippen LogP contribution is 1.98. The van der Waals surface area contributed by atoms with Crippen molar-refractivity contribution in [3.05, 3.63) is 48.3 Å². The van der Waals surface area contributed by atoms with Gasteiger partial charge in [-0.15, -0.1) is 0 Å². The van der Waals surface area contributed by atoms with Crippen molar-refractivity contribution in [2.24, 2.45) is 5.10 Å². The van der Waals surface area contributed by atoms with E-state index in [1.807, 2.05) is 24.3 Å². The van der Waals surface area contributed by atoms with Gasteiger partial charge in [-0.1, -0.05) is 0 Å². The molecule has 72 valence electrons. The second-order valence-corrected chi connectivity index (χ2v) is 2.69. The first kappa shape index (κ1) is 8.62. The summed E-state index contributed by atoms with van der Waals surface area (Å²) in [6.45, 7) is 0.574. The lowest BCUT2D eigenvalue weighted by molar-refractivity contribution is 0.488. The molecule has 0 aliphatic carbocycles. The Balaban J connectivity index is 1.78. The molecule has 0 unspecified atom stereocenters. The molecule has 0 spiro atoms. The molecule has 0 fully saturated rings. The SMILES string of the molecule is C(=NNCc1ccco1)c1ccco1. The predicted octanol–water partition coefficient (Wildman–Crippen LogP) is 2.00. The highest BCUT2D eigenvalue weighted by molar-refractivity contribution is 5.75. The molecule has 2 aromatic rings. The molecular formula is C10H10N2O2. The fourth-order valence-electron chi connectivity index (χ4n) is 1.01. The molecule has 0 amide bonds. The fourth-order valence-corrected chi connectivity index (χ4v) is 1.01. The van der Waals surface area contributed by atoms with E-state index in [0.29, 0.717) is 6.54 Å². The summed E-state index contributed by atoms with van der Waals surface area (Å²) in [7, 11) is 0. The number of hydrogen-bond donors (Lipinski definition) is 1. The molecule has 1 N–H and O–H groups in total. The molecule has 0 aliphatic rings. The normalized spacial score (nSPS) is 10.9. The van der Waals surface area contributed by atoms with Gasteiger partial charge in [-0.3, -0.25) is 0 Å². The third kappa shape index (κ3) is 2.26. The molecule has 4 nitrogen and oxygen atoms in total. The van der Waals surface area contributed by atoms with Gasteiger partial charge in [-0.2, -0.15) is 5.10 Å². The van der Waals surface area contributed by atoms with E-state index in [4.69, 9.17) is 8.83 Å². The van der Waals surface area contributed by atoms with Crippen LogP contribution < -0.4 is 5.43 Å². The van der Waals surface area contributed by atoms with Crippen LogP contribution in [-0.4, -0.2) is 6.21 Å². The van der Waals surface area contributed by atoms with Gasteiger partial charge < -0.3 is 14.3 Å². The van der Waals surface area contributed by atoms with Crippen LogP contribution in [-0.2, 0) is 6.54 Å². The van der Waals surface area contributed by atoms with Crippen molar-refractivity contribution >= 4 is 6.21 Å². The fraction of sp³-hybridized carbons (Fsp3) is 0.100. The van der Waals surface area contributed by atoms with E-state index < -0.39 is 0 Å². The Hall–Kier alpha value is -1.97. The second-order valence-electron chi connectivity index (χ2n) is 2.69. The lowest BCUT2D eigenvalue weighted by Crippen LogP contribution is -2.04. The van der Waals surface area contributed by atoms with Crippen LogP contribution in [0.4, 0.5) is 0 Å². The molecule has 0 bridgehead atoms. The first-order valence-electron chi connectivity index (χ1n) is 4.27. The van der Waals surface area contributed by atoms with Gasteiger partial charge in [-0.05, 0) is 24.3 Å². The lowest BCUT2D eigenvalue weighted by Gasteiger charge is -1.94. The maximum atomic E-state index is 5.11. The Morgan fingerprint density at radius 1 is 1.21 bits per heavy atom. The molecule has 2 heterocycles. The quantitative estimate of drug-likeness (QED) is 0.592. The molecule has 2 rings (SSSR count). The van der Waals surface area contributed by atoms with Crippen molar-refractivity contribution in [2.45, 2.75) is 6.54 Å². The van der Waals surface area contributed by atoms with E-state index in [9.17, 15) is 0 Å². The van der Waals surface area contributed by atoms with E-state index in [1.54, 1.807) is 18.7 Å². The largest absolute Gasteiger partial charge is 0.467 e. The summed E-state index contributed by atoms with van der Waals surface area (Å²) in [5, 5.41) is 3.96. The highest BCUT2D eigenvalue weighted by Gasteiger charge is 1.91. The summed E-state index contributed by atoms with van der Waals surface area (Å²) in [4.78, 5) is 0. The third-order valence-electron chi connectivity index (χ3n) is 1.66. The van der Waals surface area contributed by atoms with Crippen LogP contribution in [0.3, 0.4) is 0 Å². The van der Waals surface area contributed by atoms with Gasteiger partial charge in [0, 0.05) is 0 Å². The number of nitrogens with zero attached hydrogens (tertiary/aromatic N) is 1. The van der Waals surface area contributed by atoms with Gasteiger partial charge in [0.1, 0.15) is 11.5 Å². The van der Waals surface area contributed by atoms with Crippen molar-refractivity contribution in [1.82, 2.24) is 5.43 Å². The van der Waals surface area contributed by atoms with Gasteiger partial charge in [-0.25, -0.2) is 0 Å². The van der Waals surface area contributed by atoms with Crippen LogP contribution >= 0.6 is 0 Å². The van der Waals surface area contributed by atoms with Gasteiger partial charge in [0.15, 0.2) is 0 Å². The van der Waals surface area contributed by atoms with Crippen LogP contribution in [0.25, 0.3) is 0 Å². The summed E-state index contributed by atoms with van der Waals surface area (Å²) < 4.78 is 10.2. The average molecular weight is 190 g/mol. The zero-order valence-corrected chi connectivity index (χ0v) is 7.51. The molecule has 2 aromatic heterocycles. The van der Waals surface area contributed by atoms with Crippen molar-refractivity contribution in [1.29, 1.82) is 0 Å². The summed E-state index contributed by atoms with van der Waals surface area (Å²) in [5.74, 6) is 1.57. The van der Waals surface area contributed by atoms with Gasteiger partial charge >= 0.3 is 0 Å². The van der Waals surface area contributed by atoms with E-state index in [0.717, 1.165) is 11.5 Å². The van der Waals surface area contributed by atoms with Crippen molar-refractivity contribution in [2.75, 3.05) is 0 Å². The zero-order chi connectivity index (χ0) is 9.64. The molecule has 0 aromatic carbocycles. The molecule has 0 radical (unpaired) electrons. The van der Waals surface area contributed by atoms with Crippen molar-refractivity contribution in [3.63, 3.8) is 0 Å². The summed E-state index contributed by atoms with van der Waals surface area (Å²) in [5.41, 5.74) is 2.84. The van der Waals surface area contributed by atoms with Crippen molar-refractivity contribution < 1.29 is 8.83 Å². The Morgan fingerprint density at radius 3 is 2.79 bits per heavy atom. The third-order valence-corrected chi connectivity index (χ3v) is 1.66. The van der Waals surface area contributed by atoms with E-state index in [-0.39, 0.29) is 0 Å². The van der Waals surface area contributed by atoms with Crippen LogP contribution in [0.1, 0.15) is 11.5 Å². The topological polar surface area (TPSA) is 50.7 Å². The minimum absolute atomic E-state index is 0.574.